The Labute approximate surface area is 239 Å². The summed E-state index contributed by atoms with van der Waals surface area (Å²) in [4.78, 5) is 35.7. The van der Waals surface area contributed by atoms with E-state index in [9.17, 15) is 9.59 Å². The van der Waals surface area contributed by atoms with Crippen LogP contribution in [0.25, 0.3) is 11.3 Å². The molecule has 2 amide bonds. The monoisotopic (exact) mass is 558 g/mol. The van der Waals surface area contributed by atoms with Gasteiger partial charge in [-0.15, -0.1) is 0 Å². The van der Waals surface area contributed by atoms with Gasteiger partial charge in [0, 0.05) is 24.9 Å². The van der Waals surface area contributed by atoms with Gasteiger partial charge < -0.3 is 18.7 Å². The molecule has 3 heterocycles. The molecule has 0 N–H and O–H groups in total. The molecule has 4 aromatic rings. The van der Waals surface area contributed by atoms with Crippen molar-refractivity contribution in [2.45, 2.75) is 65.8 Å². The van der Waals surface area contributed by atoms with E-state index in [4.69, 9.17) is 18.7 Å². The third kappa shape index (κ3) is 8.38. The van der Waals surface area contributed by atoms with Crippen molar-refractivity contribution in [1.29, 1.82) is 0 Å². The Hall–Kier alpha value is -4.73. The van der Waals surface area contributed by atoms with E-state index in [2.05, 4.69) is 15.1 Å². The summed E-state index contributed by atoms with van der Waals surface area (Å²) in [6, 6.07) is 18.5. The first kappa shape index (κ1) is 29.3. The van der Waals surface area contributed by atoms with Gasteiger partial charge in [-0.3, -0.25) is 4.98 Å². The third-order valence-corrected chi connectivity index (χ3v) is 5.40. The molecule has 0 spiro atoms. The summed E-state index contributed by atoms with van der Waals surface area (Å²) in [6.45, 7) is 10.6. The molecule has 214 valence electrons. The molecule has 0 aliphatic carbocycles. The van der Waals surface area contributed by atoms with Gasteiger partial charge in [0.2, 0.25) is 0 Å². The molecular weight excluding hydrogens is 524 g/mol. The fourth-order valence-electron chi connectivity index (χ4n) is 3.71. The molecule has 0 atom stereocenters. The SMILES string of the molecule is CC(C)(C)OC(=O)N(C(=O)OC(C)(C)C)c1ncccc1-c1cc(Cc2ccc(OCc3ccccn3)cc2)no1. The number of imide groups is 1. The molecule has 10 nitrogen and oxygen atoms in total. The minimum Gasteiger partial charge on any atom is -0.487 e. The summed E-state index contributed by atoms with van der Waals surface area (Å²) in [5.74, 6) is 1.06. The quantitative estimate of drug-likeness (QED) is 0.237. The Morgan fingerprint density at radius 2 is 1.46 bits per heavy atom. The number of ether oxygens (including phenoxy) is 3. The van der Waals surface area contributed by atoms with E-state index in [0.29, 0.717) is 30.0 Å². The van der Waals surface area contributed by atoms with E-state index >= 15 is 0 Å². The summed E-state index contributed by atoms with van der Waals surface area (Å²) in [5, 5.41) is 4.20. The van der Waals surface area contributed by atoms with Crippen molar-refractivity contribution in [3.8, 4) is 17.1 Å². The second-order valence-corrected chi connectivity index (χ2v) is 11.3. The number of aromatic nitrogens is 3. The lowest BCUT2D eigenvalue weighted by Gasteiger charge is -2.28. The highest BCUT2D eigenvalue weighted by molar-refractivity contribution is 6.10. The highest BCUT2D eigenvalue weighted by Gasteiger charge is 2.35. The van der Waals surface area contributed by atoms with E-state index in [1.54, 1.807) is 65.9 Å². The van der Waals surface area contributed by atoms with Crippen molar-refractivity contribution in [2.24, 2.45) is 0 Å². The topological polar surface area (TPSA) is 117 Å². The molecule has 0 unspecified atom stereocenters. The summed E-state index contributed by atoms with van der Waals surface area (Å²) >= 11 is 0. The molecule has 0 aliphatic heterocycles. The van der Waals surface area contributed by atoms with Crippen LogP contribution in [0.3, 0.4) is 0 Å². The van der Waals surface area contributed by atoms with Crippen LogP contribution in [0.5, 0.6) is 5.75 Å². The van der Waals surface area contributed by atoms with Crippen LogP contribution >= 0.6 is 0 Å². The molecule has 10 heteroatoms. The lowest BCUT2D eigenvalue weighted by molar-refractivity contribution is 0.0429. The second-order valence-electron chi connectivity index (χ2n) is 11.3. The van der Waals surface area contributed by atoms with Crippen LogP contribution in [0, 0.1) is 0 Å². The Morgan fingerprint density at radius 1 is 0.805 bits per heavy atom. The molecule has 3 aromatic heterocycles. The van der Waals surface area contributed by atoms with Crippen LogP contribution in [0.4, 0.5) is 15.4 Å². The molecule has 41 heavy (non-hydrogen) atoms. The van der Waals surface area contributed by atoms with Crippen LogP contribution in [0.1, 0.15) is 58.5 Å². The standard InChI is InChI=1S/C31H34N4O6/c1-30(2,3)39-28(36)35(29(37)40-31(4,5)6)27-25(11-9-17-33-27)26-19-23(34-41-26)18-21-12-14-24(15-13-21)38-20-22-10-7-8-16-32-22/h7-17,19H,18,20H2,1-6H3. The summed E-state index contributed by atoms with van der Waals surface area (Å²) in [5.41, 5.74) is 1.15. The van der Waals surface area contributed by atoms with Gasteiger partial charge in [-0.25, -0.2) is 14.6 Å². The number of hydrogen-bond donors (Lipinski definition) is 0. The molecule has 0 aliphatic rings. The largest absolute Gasteiger partial charge is 0.487 e. The zero-order valence-corrected chi connectivity index (χ0v) is 24.1. The van der Waals surface area contributed by atoms with Gasteiger partial charge >= 0.3 is 12.2 Å². The van der Waals surface area contributed by atoms with E-state index in [1.165, 1.54) is 6.20 Å². The van der Waals surface area contributed by atoms with E-state index in [1.807, 2.05) is 42.5 Å². The van der Waals surface area contributed by atoms with E-state index in [-0.39, 0.29) is 5.82 Å². The van der Waals surface area contributed by atoms with Crippen molar-refractivity contribution in [3.05, 3.63) is 90.0 Å². The van der Waals surface area contributed by atoms with Crippen LogP contribution in [-0.4, -0.2) is 38.5 Å². The van der Waals surface area contributed by atoms with Crippen LogP contribution in [0.2, 0.25) is 0 Å². The van der Waals surface area contributed by atoms with Crippen molar-refractivity contribution in [2.75, 3.05) is 4.90 Å². The normalized spacial score (nSPS) is 11.6. The summed E-state index contributed by atoms with van der Waals surface area (Å²) < 4.78 is 22.5. The van der Waals surface area contributed by atoms with Gasteiger partial charge in [0.25, 0.3) is 0 Å². The summed E-state index contributed by atoms with van der Waals surface area (Å²) in [6.07, 6.45) is 1.85. The Bertz CT molecular complexity index is 1440. The fraction of sp³-hybridized carbons (Fsp3) is 0.323. The van der Waals surface area contributed by atoms with Crippen LogP contribution in [-0.2, 0) is 22.5 Å². The number of benzene rings is 1. The first-order valence-electron chi connectivity index (χ1n) is 13.2. The minimum absolute atomic E-state index is 0.00751. The van der Waals surface area contributed by atoms with Gasteiger partial charge in [-0.2, -0.15) is 4.90 Å². The number of pyridine rings is 2. The lowest BCUT2D eigenvalue weighted by Crippen LogP contribution is -2.44. The maximum absolute atomic E-state index is 13.2. The van der Waals surface area contributed by atoms with Gasteiger partial charge in [-0.05, 0) is 83.5 Å². The number of anilines is 1. The number of hydrogen-bond acceptors (Lipinski definition) is 9. The van der Waals surface area contributed by atoms with Crippen LogP contribution < -0.4 is 9.64 Å². The number of nitrogens with zero attached hydrogens (tertiary/aromatic N) is 4. The molecule has 0 saturated carbocycles. The first-order valence-corrected chi connectivity index (χ1v) is 13.2. The number of amides is 2. The maximum atomic E-state index is 13.2. The molecular formula is C31H34N4O6. The van der Waals surface area contributed by atoms with Crippen molar-refractivity contribution in [1.82, 2.24) is 15.1 Å². The van der Waals surface area contributed by atoms with Crippen LogP contribution in [0.15, 0.2) is 77.6 Å². The Balaban J connectivity index is 1.53. The number of carbonyl (C=O) groups excluding carboxylic acids is 2. The van der Waals surface area contributed by atoms with Gasteiger partial charge in [-0.1, -0.05) is 23.4 Å². The molecule has 0 radical (unpaired) electrons. The van der Waals surface area contributed by atoms with E-state index < -0.39 is 23.4 Å². The van der Waals surface area contributed by atoms with E-state index in [0.717, 1.165) is 21.9 Å². The second kappa shape index (κ2) is 12.2. The average Bonchev–Trinajstić information content (AvgIpc) is 3.35. The third-order valence-electron chi connectivity index (χ3n) is 5.40. The zero-order valence-electron chi connectivity index (χ0n) is 24.1. The van der Waals surface area contributed by atoms with Gasteiger partial charge in [0.05, 0.1) is 17.0 Å². The number of carbonyl (C=O) groups is 2. The van der Waals surface area contributed by atoms with Crippen molar-refractivity contribution in [3.63, 3.8) is 0 Å². The molecule has 0 fully saturated rings. The molecule has 0 saturated heterocycles. The van der Waals surface area contributed by atoms with Gasteiger partial charge in [0.1, 0.15) is 23.6 Å². The Morgan fingerprint density at radius 3 is 2.07 bits per heavy atom. The van der Waals surface area contributed by atoms with Crippen molar-refractivity contribution >= 4 is 18.0 Å². The predicted molar refractivity (Wildman–Crippen MR) is 152 cm³/mol. The summed E-state index contributed by atoms with van der Waals surface area (Å²) in [7, 11) is 0. The molecule has 1 aromatic carbocycles. The predicted octanol–water partition coefficient (Wildman–Crippen LogP) is 6.98. The fourth-order valence-corrected chi connectivity index (χ4v) is 3.71. The maximum Gasteiger partial charge on any atom is 0.425 e. The highest BCUT2D eigenvalue weighted by Crippen LogP contribution is 2.32. The smallest absolute Gasteiger partial charge is 0.425 e. The van der Waals surface area contributed by atoms with Crippen molar-refractivity contribution < 1.29 is 28.3 Å². The zero-order chi connectivity index (χ0) is 29.6. The minimum atomic E-state index is -0.920. The first-order chi connectivity index (χ1) is 19.4. The number of rotatable bonds is 7. The lowest BCUT2D eigenvalue weighted by atomic mass is 10.1. The molecule has 0 bridgehead atoms. The molecule has 4 rings (SSSR count). The average molecular weight is 559 g/mol. The Kier molecular flexibility index (Phi) is 8.71. The van der Waals surface area contributed by atoms with Gasteiger partial charge in [0.15, 0.2) is 11.6 Å². The highest BCUT2D eigenvalue weighted by atomic mass is 16.6.